The molecule has 3 N–H and O–H groups in total. The summed E-state index contributed by atoms with van der Waals surface area (Å²) in [4.78, 5) is 37.5. The van der Waals surface area contributed by atoms with E-state index >= 15 is 0 Å². The second kappa shape index (κ2) is 5.96. The number of amides is 3. The number of likely N-dealkylation sites (tertiary alicyclic amines) is 1. The molecule has 2 heterocycles. The molecule has 2 fully saturated rings. The molecule has 0 unspecified atom stereocenters. The maximum absolute atomic E-state index is 14.7. The summed E-state index contributed by atoms with van der Waals surface area (Å²) < 4.78 is 14.7. The molecule has 4 rings (SSSR count). The van der Waals surface area contributed by atoms with Crippen LogP contribution in [0.5, 0.6) is 0 Å². The molecule has 8 heteroatoms. The van der Waals surface area contributed by atoms with Gasteiger partial charge in [0.1, 0.15) is 0 Å². The first-order chi connectivity index (χ1) is 12.4. The molecule has 0 spiro atoms. The standard InChI is InChI=1S/C18H20FN3O4/c19-14-11-5-7-20-15(23)12(11)3-4-13(14)21-17(26)22-8-10-2-1-6-18(10,9-22)16(24)25/h3-4,10H,1-2,5-9H2,(H,20,23)(H,21,26)(H,24,25)/t10-,18+/m0/s1. The summed E-state index contributed by atoms with van der Waals surface area (Å²) in [5, 5.41) is 14.8. The number of urea groups is 1. The summed E-state index contributed by atoms with van der Waals surface area (Å²) in [7, 11) is 0. The molecule has 1 saturated carbocycles. The van der Waals surface area contributed by atoms with E-state index in [0.29, 0.717) is 31.5 Å². The number of nitrogens with zero attached hydrogens (tertiary/aromatic N) is 1. The third kappa shape index (κ3) is 2.43. The maximum atomic E-state index is 14.7. The number of hydrogen-bond donors (Lipinski definition) is 3. The smallest absolute Gasteiger partial charge is 0.321 e. The van der Waals surface area contributed by atoms with Crippen molar-refractivity contribution in [2.45, 2.75) is 25.7 Å². The van der Waals surface area contributed by atoms with Gasteiger partial charge in [-0.05, 0) is 37.3 Å². The van der Waals surface area contributed by atoms with E-state index < -0.39 is 23.2 Å². The number of carboxylic acid groups (broad SMARTS) is 1. The number of aliphatic carboxylic acids is 1. The maximum Gasteiger partial charge on any atom is 0.321 e. The Labute approximate surface area is 149 Å². The van der Waals surface area contributed by atoms with E-state index in [1.807, 2.05) is 0 Å². The highest BCUT2D eigenvalue weighted by atomic mass is 19.1. The first-order valence-electron chi connectivity index (χ1n) is 8.81. The van der Waals surface area contributed by atoms with Crippen LogP contribution < -0.4 is 10.6 Å². The second-order valence-corrected chi connectivity index (χ2v) is 7.32. The van der Waals surface area contributed by atoms with Crippen LogP contribution >= 0.6 is 0 Å². The van der Waals surface area contributed by atoms with E-state index in [2.05, 4.69) is 10.6 Å². The summed E-state index contributed by atoms with van der Waals surface area (Å²) in [5.74, 6) is -1.83. The highest BCUT2D eigenvalue weighted by Gasteiger charge is 2.55. The van der Waals surface area contributed by atoms with E-state index in [4.69, 9.17) is 0 Å². The average Bonchev–Trinajstić information content (AvgIpc) is 3.16. The predicted octanol–water partition coefficient (Wildman–Crippen LogP) is 1.83. The van der Waals surface area contributed by atoms with Crippen molar-refractivity contribution in [1.29, 1.82) is 0 Å². The Morgan fingerprint density at radius 2 is 2.19 bits per heavy atom. The first-order valence-corrected chi connectivity index (χ1v) is 8.81. The second-order valence-electron chi connectivity index (χ2n) is 7.32. The first kappa shape index (κ1) is 16.8. The number of halogens is 1. The van der Waals surface area contributed by atoms with Gasteiger partial charge in [-0.25, -0.2) is 9.18 Å². The summed E-state index contributed by atoms with van der Waals surface area (Å²) in [6, 6.07) is 2.38. The number of fused-ring (bicyclic) bond motifs is 2. The number of carbonyl (C=O) groups is 3. The fourth-order valence-electron chi connectivity index (χ4n) is 4.56. The van der Waals surface area contributed by atoms with Crippen LogP contribution in [-0.2, 0) is 11.2 Å². The molecule has 1 aromatic rings. The number of hydrogen-bond acceptors (Lipinski definition) is 3. The number of nitrogens with one attached hydrogen (secondary N) is 2. The van der Waals surface area contributed by atoms with Crippen LogP contribution in [0.1, 0.15) is 35.2 Å². The molecule has 3 aliphatic rings. The van der Waals surface area contributed by atoms with Crippen molar-refractivity contribution in [1.82, 2.24) is 10.2 Å². The van der Waals surface area contributed by atoms with E-state index in [-0.39, 0.29) is 29.6 Å². The Morgan fingerprint density at radius 1 is 1.38 bits per heavy atom. The summed E-state index contributed by atoms with van der Waals surface area (Å²) in [6.45, 7) is 0.871. The van der Waals surface area contributed by atoms with Gasteiger partial charge in [0.2, 0.25) is 0 Å². The normalized spacial score (nSPS) is 26.9. The largest absolute Gasteiger partial charge is 0.481 e. The Bertz CT molecular complexity index is 812. The van der Waals surface area contributed by atoms with E-state index in [1.165, 1.54) is 17.0 Å². The molecule has 138 valence electrons. The fourth-order valence-corrected chi connectivity index (χ4v) is 4.56. The molecule has 3 amide bonds. The summed E-state index contributed by atoms with van der Waals surface area (Å²) >= 11 is 0. The quantitative estimate of drug-likeness (QED) is 0.748. The minimum Gasteiger partial charge on any atom is -0.481 e. The van der Waals surface area contributed by atoms with Gasteiger partial charge in [0, 0.05) is 30.8 Å². The molecule has 7 nitrogen and oxygen atoms in total. The monoisotopic (exact) mass is 361 g/mol. The zero-order chi connectivity index (χ0) is 18.5. The highest BCUT2D eigenvalue weighted by molar-refractivity contribution is 5.98. The molecule has 1 saturated heterocycles. The van der Waals surface area contributed by atoms with Crippen molar-refractivity contribution in [3.05, 3.63) is 29.1 Å². The van der Waals surface area contributed by atoms with Crippen molar-refractivity contribution in [2.75, 3.05) is 25.0 Å². The van der Waals surface area contributed by atoms with Gasteiger partial charge in [0.05, 0.1) is 11.1 Å². The Hall–Kier alpha value is -2.64. The molecule has 0 radical (unpaired) electrons. The van der Waals surface area contributed by atoms with Crippen molar-refractivity contribution >= 4 is 23.6 Å². The lowest BCUT2D eigenvalue weighted by atomic mass is 9.81. The fraction of sp³-hybridized carbons (Fsp3) is 0.500. The van der Waals surface area contributed by atoms with Gasteiger partial charge in [0.25, 0.3) is 5.91 Å². The molecule has 1 aliphatic carbocycles. The number of carboxylic acids is 1. The van der Waals surface area contributed by atoms with Gasteiger partial charge < -0.3 is 20.6 Å². The predicted molar refractivity (Wildman–Crippen MR) is 90.4 cm³/mol. The third-order valence-corrected chi connectivity index (χ3v) is 5.97. The Balaban J connectivity index is 1.53. The van der Waals surface area contributed by atoms with Crippen LogP contribution in [0.15, 0.2) is 12.1 Å². The minimum atomic E-state index is -0.871. The molecule has 0 bridgehead atoms. The van der Waals surface area contributed by atoms with Crippen LogP contribution in [-0.4, -0.2) is 47.5 Å². The van der Waals surface area contributed by atoms with Crippen molar-refractivity contribution in [2.24, 2.45) is 11.3 Å². The Kier molecular flexibility index (Phi) is 3.86. The van der Waals surface area contributed by atoms with Gasteiger partial charge in [-0.1, -0.05) is 6.42 Å². The topological polar surface area (TPSA) is 98.7 Å². The molecular weight excluding hydrogens is 341 g/mol. The lowest BCUT2D eigenvalue weighted by Gasteiger charge is -2.24. The van der Waals surface area contributed by atoms with Crippen molar-refractivity contribution in [3.63, 3.8) is 0 Å². The SMILES string of the molecule is O=C1NCCc2c1ccc(NC(=O)N1C[C@@H]3CCC[C@@]3(C(=O)O)C1)c2F. The minimum absolute atomic E-state index is 0.0184. The van der Waals surface area contributed by atoms with Gasteiger partial charge >= 0.3 is 12.0 Å². The van der Waals surface area contributed by atoms with Crippen molar-refractivity contribution in [3.8, 4) is 0 Å². The van der Waals surface area contributed by atoms with Gasteiger partial charge in [-0.2, -0.15) is 0 Å². The molecular formula is C18H20FN3O4. The number of carbonyl (C=O) groups excluding carboxylic acids is 2. The molecule has 26 heavy (non-hydrogen) atoms. The molecule has 2 aliphatic heterocycles. The van der Waals surface area contributed by atoms with Crippen LogP contribution in [0.3, 0.4) is 0 Å². The molecule has 2 atom stereocenters. The number of anilines is 1. The highest BCUT2D eigenvalue weighted by Crippen LogP contribution is 2.49. The zero-order valence-corrected chi connectivity index (χ0v) is 14.2. The average molecular weight is 361 g/mol. The molecule has 1 aromatic carbocycles. The van der Waals surface area contributed by atoms with Gasteiger partial charge in [0.15, 0.2) is 5.82 Å². The Morgan fingerprint density at radius 3 is 2.92 bits per heavy atom. The van der Waals surface area contributed by atoms with E-state index in [1.54, 1.807) is 0 Å². The third-order valence-electron chi connectivity index (χ3n) is 5.97. The number of rotatable bonds is 2. The lowest BCUT2D eigenvalue weighted by molar-refractivity contribution is -0.149. The molecule has 0 aromatic heterocycles. The van der Waals surface area contributed by atoms with Gasteiger partial charge in [-0.15, -0.1) is 0 Å². The lowest BCUT2D eigenvalue weighted by Crippen LogP contribution is -2.39. The zero-order valence-electron chi connectivity index (χ0n) is 14.2. The summed E-state index contributed by atoms with van der Waals surface area (Å²) in [6.07, 6.45) is 2.58. The van der Waals surface area contributed by atoms with E-state index in [0.717, 1.165) is 12.8 Å². The summed E-state index contributed by atoms with van der Waals surface area (Å²) in [5.41, 5.74) is -0.270. The van der Waals surface area contributed by atoms with Crippen LogP contribution in [0, 0.1) is 17.2 Å². The number of benzene rings is 1. The van der Waals surface area contributed by atoms with Crippen LogP contribution in [0.2, 0.25) is 0 Å². The van der Waals surface area contributed by atoms with Crippen LogP contribution in [0.4, 0.5) is 14.9 Å². The van der Waals surface area contributed by atoms with E-state index in [9.17, 15) is 23.9 Å². The van der Waals surface area contributed by atoms with Crippen molar-refractivity contribution < 1.29 is 23.9 Å². The van der Waals surface area contributed by atoms with Crippen LogP contribution in [0.25, 0.3) is 0 Å². The van der Waals surface area contributed by atoms with Gasteiger partial charge in [-0.3, -0.25) is 9.59 Å².